The molecule has 0 aliphatic heterocycles. The summed E-state index contributed by atoms with van der Waals surface area (Å²) in [5.74, 6) is 1.05. The van der Waals surface area contributed by atoms with Crippen LogP contribution in [-0.4, -0.2) is 19.2 Å². The normalized spacial score (nSPS) is 17.8. The Balaban J connectivity index is 1.69. The average Bonchev–Trinajstić information content (AvgIpc) is 3.04. The highest BCUT2D eigenvalue weighted by atomic mass is 32.2. The minimum atomic E-state index is -3.23. The zero-order valence-electron chi connectivity index (χ0n) is 13.5. The van der Waals surface area contributed by atoms with Crippen molar-refractivity contribution >= 4 is 20.9 Å². The van der Waals surface area contributed by atoms with E-state index in [1.807, 2.05) is 0 Å². The molecule has 1 heterocycles. The smallest absolute Gasteiger partial charge is 0.198 e. The number of sulfone groups is 1. The molecule has 0 spiro atoms. The van der Waals surface area contributed by atoms with Gasteiger partial charge < -0.3 is 4.42 Å². The van der Waals surface area contributed by atoms with Crippen LogP contribution in [0.3, 0.4) is 0 Å². The van der Waals surface area contributed by atoms with Crippen molar-refractivity contribution in [1.29, 1.82) is 0 Å². The minimum absolute atomic E-state index is 0.0859. The molecule has 0 saturated carbocycles. The molecule has 0 bridgehead atoms. The Hall–Kier alpha value is -2.14. The van der Waals surface area contributed by atoms with Gasteiger partial charge in [0.25, 0.3) is 0 Å². The molecular weight excluding hydrogens is 322 g/mol. The molecule has 1 unspecified atom stereocenters. The van der Waals surface area contributed by atoms with Crippen molar-refractivity contribution < 1.29 is 12.8 Å². The number of hydrogen-bond donors (Lipinski definition) is 0. The summed E-state index contributed by atoms with van der Waals surface area (Å²) < 4.78 is 30.0. The maximum Gasteiger partial charge on any atom is 0.198 e. The summed E-state index contributed by atoms with van der Waals surface area (Å²) in [5, 5.41) is 0. The van der Waals surface area contributed by atoms with Gasteiger partial charge in [-0.1, -0.05) is 31.2 Å². The van der Waals surface area contributed by atoms with E-state index in [2.05, 4.69) is 29.2 Å². The molecule has 4 rings (SSSR count). The molecule has 0 fully saturated rings. The van der Waals surface area contributed by atoms with Crippen molar-refractivity contribution in [2.24, 2.45) is 0 Å². The van der Waals surface area contributed by atoms with Gasteiger partial charge in [0.05, 0.1) is 10.6 Å². The lowest BCUT2D eigenvalue weighted by Gasteiger charge is -2.21. The molecule has 5 heteroatoms. The number of rotatable bonds is 3. The van der Waals surface area contributed by atoms with Gasteiger partial charge in [-0.05, 0) is 48.6 Å². The lowest BCUT2D eigenvalue weighted by molar-refractivity contribution is 0.438. The maximum atomic E-state index is 12.0. The fourth-order valence-corrected chi connectivity index (χ4v) is 4.27. The number of benzene rings is 2. The summed E-state index contributed by atoms with van der Waals surface area (Å²) in [6.07, 6.45) is 2.95. The second-order valence-corrected chi connectivity index (χ2v) is 8.57. The van der Waals surface area contributed by atoms with Gasteiger partial charge in [0.15, 0.2) is 21.3 Å². The summed E-state index contributed by atoms with van der Waals surface area (Å²) in [6.45, 7) is 1.65. The summed E-state index contributed by atoms with van der Waals surface area (Å²) >= 11 is 0. The molecule has 124 valence electrons. The van der Waals surface area contributed by atoms with Crippen LogP contribution >= 0.6 is 0 Å². The van der Waals surface area contributed by atoms with Crippen LogP contribution in [0, 0.1) is 0 Å². The first-order valence-corrected chi connectivity index (χ1v) is 9.92. The molecule has 1 aromatic heterocycles. The van der Waals surface area contributed by atoms with Crippen LogP contribution in [0.5, 0.6) is 0 Å². The second kappa shape index (κ2) is 5.74. The zero-order chi connectivity index (χ0) is 16.7. The predicted octanol–water partition coefficient (Wildman–Crippen LogP) is 3.89. The molecule has 1 atom stereocenters. The van der Waals surface area contributed by atoms with Crippen molar-refractivity contribution in [3.05, 3.63) is 59.5 Å². The molecule has 2 aromatic carbocycles. The fourth-order valence-electron chi connectivity index (χ4n) is 3.37. The van der Waals surface area contributed by atoms with E-state index in [9.17, 15) is 8.42 Å². The molecule has 1 aliphatic rings. The van der Waals surface area contributed by atoms with E-state index < -0.39 is 9.84 Å². The first kappa shape index (κ1) is 15.4. The Kier molecular flexibility index (Phi) is 3.68. The van der Waals surface area contributed by atoms with Gasteiger partial charge in [0.2, 0.25) is 0 Å². The van der Waals surface area contributed by atoms with Crippen molar-refractivity contribution in [3.8, 4) is 0 Å². The number of nitrogens with zero attached hydrogens (tertiary/aromatic N) is 1. The zero-order valence-corrected chi connectivity index (χ0v) is 14.3. The predicted molar refractivity (Wildman–Crippen MR) is 92.9 cm³/mol. The Morgan fingerprint density at radius 2 is 1.96 bits per heavy atom. The molecular formula is C19H19NO3S. The first-order chi connectivity index (χ1) is 11.6. The SMILES string of the molecule is CCS(=O)(=O)c1ccc2oc(C3CCc4ccccc4C3)nc2c1. The average molecular weight is 341 g/mol. The lowest BCUT2D eigenvalue weighted by Crippen LogP contribution is -2.12. The Morgan fingerprint density at radius 1 is 1.17 bits per heavy atom. The van der Waals surface area contributed by atoms with Crippen molar-refractivity contribution in [1.82, 2.24) is 4.98 Å². The van der Waals surface area contributed by atoms with Crippen molar-refractivity contribution in [3.63, 3.8) is 0 Å². The monoisotopic (exact) mass is 341 g/mol. The molecule has 0 saturated heterocycles. The summed E-state index contributed by atoms with van der Waals surface area (Å²) in [6, 6.07) is 13.4. The largest absolute Gasteiger partial charge is 0.440 e. The first-order valence-electron chi connectivity index (χ1n) is 8.27. The Labute approximate surface area is 141 Å². The van der Waals surface area contributed by atoms with E-state index in [0.29, 0.717) is 21.9 Å². The van der Waals surface area contributed by atoms with Crippen molar-refractivity contribution in [2.45, 2.75) is 37.0 Å². The Bertz CT molecular complexity index is 1000. The molecule has 3 aromatic rings. The van der Waals surface area contributed by atoms with E-state index in [1.54, 1.807) is 25.1 Å². The molecule has 0 radical (unpaired) electrons. The van der Waals surface area contributed by atoms with Gasteiger partial charge in [-0.15, -0.1) is 0 Å². The Morgan fingerprint density at radius 3 is 2.75 bits per heavy atom. The summed E-state index contributed by atoms with van der Waals surface area (Å²) in [5.41, 5.74) is 4.03. The third-order valence-electron chi connectivity index (χ3n) is 4.81. The molecule has 4 nitrogen and oxygen atoms in total. The van der Waals surface area contributed by atoms with Crippen LogP contribution in [-0.2, 0) is 22.7 Å². The second-order valence-electron chi connectivity index (χ2n) is 6.29. The van der Waals surface area contributed by atoms with Crippen LogP contribution in [0.15, 0.2) is 51.8 Å². The highest BCUT2D eigenvalue weighted by Crippen LogP contribution is 2.34. The standard InChI is InChI=1S/C19H19NO3S/c1-2-24(21,22)16-9-10-18-17(12-16)20-19(23-18)15-8-7-13-5-3-4-6-14(13)11-15/h3-6,9-10,12,15H,2,7-8,11H2,1H3. The number of aryl methyl sites for hydroxylation is 1. The van der Waals surface area contributed by atoms with Crippen LogP contribution in [0.2, 0.25) is 0 Å². The molecule has 24 heavy (non-hydrogen) atoms. The van der Waals surface area contributed by atoms with Gasteiger partial charge in [-0.25, -0.2) is 13.4 Å². The van der Waals surface area contributed by atoms with E-state index >= 15 is 0 Å². The summed E-state index contributed by atoms with van der Waals surface area (Å²) in [4.78, 5) is 4.90. The third-order valence-corrected chi connectivity index (χ3v) is 6.54. The molecule has 0 N–H and O–H groups in total. The summed E-state index contributed by atoms with van der Waals surface area (Å²) in [7, 11) is -3.23. The molecule has 0 amide bonds. The molecule has 1 aliphatic carbocycles. The van der Waals surface area contributed by atoms with Gasteiger partial charge in [-0.2, -0.15) is 0 Å². The van der Waals surface area contributed by atoms with Crippen LogP contribution in [0.1, 0.15) is 36.3 Å². The van der Waals surface area contributed by atoms with Gasteiger partial charge in [0.1, 0.15) is 5.52 Å². The maximum absolute atomic E-state index is 12.0. The highest BCUT2D eigenvalue weighted by molar-refractivity contribution is 7.91. The topological polar surface area (TPSA) is 60.2 Å². The lowest BCUT2D eigenvalue weighted by atomic mass is 9.84. The number of oxazole rings is 1. The number of hydrogen-bond acceptors (Lipinski definition) is 4. The minimum Gasteiger partial charge on any atom is -0.440 e. The van der Waals surface area contributed by atoms with Gasteiger partial charge in [0, 0.05) is 5.92 Å². The van der Waals surface area contributed by atoms with Gasteiger partial charge in [-0.3, -0.25) is 0 Å². The van der Waals surface area contributed by atoms with Crippen LogP contribution < -0.4 is 0 Å². The van der Waals surface area contributed by atoms with Crippen molar-refractivity contribution in [2.75, 3.05) is 5.75 Å². The quantitative estimate of drug-likeness (QED) is 0.725. The third kappa shape index (κ3) is 2.63. The van der Waals surface area contributed by atoms with E-state index in [0.717, 1.165) is 19.3 Å². The van der Waals surface area contributed by atoms with E-state index in [1.165, 1.54) is 11.1 Å². The number of fused-ring (bicyclic) bond motifs is 2. The fraction of sp³-hybridized carbons (Fsp3) is 0.316. The van der Waals surface area contributed by atoms with Crippen LogP contribution in [0.25, 0.3) is 11.1 Å². The van der Waals surface area contributed by atoms with Gasteiger partial charge >= 0.3 is 0 Å². The van der Waals surface area contributed by atoms with E-state index in [-0.39, 0.29) is 11.7 Å². The number of aromatic nitrogens is 1. The highest BCUT2D eigenvalue weighted by Gasteiger charge is 2.24. The van der Waals surface area contributed by atoms with E-state index in [4.69, 9.17) is 4.42 Å². The van der Waals surface area contributed by atoms with Crippen LogP contribution in [0.4, 0.5) is 0 Å².